The zero-order valence-electron chi connectivity index (χ0n) is 4.78. The summed E-state index contributed by atoms with van der Waals surface area (Å²) in [5.74, 6) is 0. The molecule has 0 rings (SSSR count). The molecule has 0 fully saturated rings. The van der Waals surface area contributed by atoms with Gasteiger partial charge in [-0.05, 0) is 0 Å². The van der Waals surface area contributed by atoms with Crippen LogP contribution in [-0.4, -0.2) is 27.4 Å². The van der Waals surface area contributed by atoms with Crippen molar-refractivity contribution >= 4 is 16.6 Å². The lowest BCUT2D eigenvalue weighted by molar-refractivity contribution is 0.577. The van der Waals surface area contributed by atoms with E-state index in [1.165, 1.54) is 0 Å². The van der Waals surface area contributed by atoms with Crippen LogP contribution in [0.25, 0.3) is 0 Å². The number of rotatable bonds is 4. The molecule has 0 saturated carbocycles. The van der Waals surface area contributed by atoms with Gasteiger partial charge < -0.3 is 15.7 Å². The van der Waals surface area contributed by atoms with Gasteiger partial charge in [0.15, 0.2) is 11.1 Å². The molecule has 0 aromatic heterocycles. The second-order valence-corrected chi connectivity index (χ2v) is 1.97. The minimum atomic E-state index is -1.96. The second kappa shape index (κ2) is 5.67. The molecule has 0 aliphatic carbocycles. The maximum atomic E-state index is 9.85. The third-order valence-corrected chi connectivity index (χ3v) is 0.776. The third kappa shape index (κ3) is 7.54. The summed E-state index contributed by atoms with van der Waals surface area (Å²) in [5.41, 5.74) is 8.41. The van der Waals surface area contributed by atoms with Crippen molar-refractivity contribution in [3.05, 3.63) is 0 Å². The number of nitrogens with two attached hydrogens (primary N) is 1. The zero-order valence-corrected chi connectivity index (χ0v) is 5.60. The van der Waals surface area contributed by atoms with Gasteiger partial charge in [0.1, 0.15) is 5.55 Å². The molecule has 0 amide bonds. The highest BCUT2D eigenvalue weighted by atomic mass is 32.2. The van der Waals surface area contributed by atoms with E-state index in [1.807, 2.05) is 0 Å². The van der Waals surface area contributed by atoms with Crippen LogP contribution in [0.15, 0.2) is 5.10 Å². The van der Waals surface area contributed by atoms with E-state index in [4.69, 9.17) is 10.3 Å². The van der Waals surface area contributed by atoms with Crippen LogP contribution in [0.5, 0.6) is 0 Å². The first kappa shape index (κ1) is 8.54. The lowest BCUT2D eigenvalue weighted by Crippen LogP contribution is -2.17. The predicted octanol–water partition coefficient (Wildman–Crippen LogP) is -1.30. The molecule has 5 nitrogen and oxygen atoms in total. The molecule has 0 radical (unpaired) electrons. The van der Waals surface area contributed by atoms with Gasteiger partial charge >= 0.3 is 0 Å². The van der Waals surface area contributed by atoms with Crippen molar-refractivity contribution in [1.29, 1.82) is 0 Å². The van der Waals surface area contributed by atoms with E-state index in [0.29, 0.717) is 13.1 Å². The summed E-state index contributed by atoms with van der Waals surface area (Å²) >= 11 is -1.96. The predicted molar refractivity (Wildman–Crippen MR) is 36.3 cm³/mol. The summed E-state index contributed by atoms with van der Waals surface area (Å²) in [4.78, 5) is 0. The number of hydrogen-bond acceptors (Lipinski definition) is 4. The molecule has 1 unspecified atom stereocenters. The van der Waals surface area contributed by atoms with Crippen molar-refractivity contribution in [3.8, 4) is 0 Å². The molecule has 0 aromatic carbocycles. The highest BCUT2D eigenvalue weighted by Gasteiger charge is 1.79. The molecular formula is C3H9N3O2S. The highest BCUT2D eigenvalue weighted by molar-refractivity contribution is 7.93. The average Bonchev–Trinajstić information content (AvgIpc) is 1.80. The Morgan fingerprint density at radius 3 is 3.00 bits per heavy atom. The molecule has 0 bridgehead atoms. The van der Waals surface area contributed by atoms with Crippen LogP contribution in [0.1, 0.15) is 0 Å². The average molecular weight is 151 g/mol. The van der Waals surface area contributed by atoms with Gasteiger partial charge in [0.05, 0.1) is 0 Å². The Balaban J connectivity index is 3.15. The van der Waals surface area contributed by atoms with E-state index in [-0.39, 0.29) is 0 Å². The number of nitrogens with zero attached hydrogens (tertiary/aromatic N) is 1. The summed E-state index contributed by atoms with van der Waals surface area (Å²) in [5, 5.41) is 3.36. The fourth-order valence-corrected chi connectivity index (χ4v) is 0.376. The van der Waals surface area contributed by atoms with Crippen LogP contribution in [-0.2, 0) is 11.1 Å². The zero-order chi connectivity index (χ0) is 7.11. The summed E-state index contributed by atoms with van der Waals surface area (Å²) < 4.78 is 18.0. The second-order valence-electron chi connectivity index (χ2n) is 1.21. The summed E-state index contributed by atoms with van der Waals surface area (Å²) in [7, 11) is 0. The maximum absolute atomic E-state index is 9.85. The lowest BCUT2D eigenvalue weighted by atomic mass is 10.7. The van der Waals surface area contributed by atoms with Gasteiger partial charge in [-0.1, -0.05) is 0 Å². The topological polar surface area (TPSA) is 87.7 Å². The molecule has 0 heterocycles. The van der Waals surface area contributed by atoms with Crippen molar-refractivity contribution in [3.63, 3.8) is 0 Å². The fourth-order valence-electron chi connectivity index (χ4n) is 0.211. The highest BCUT2D eigenvalue weighted by Crippen LogP contribution is 1.62. The standard InChI is InChI=1S/C3H9N3O2S/c4-1-2-5-6-3-9(7)8/h3,5H,1-2,4H2,(H,7,8). The number of hydrazone groups is 1. The largest absolute Gasteiger partial charge is 0.329 e. The Kier molecular flexibility index (Phi) is 5.38. The van der Waals surface area contributed by atoms with Crippen LogP contribution in [0.4, 0.5) is 0 Å². The summed E-state index contributed by atoms with van der Waals surface area (Å²) in [6.07, 6.45) is 0. The SMILES string of the molecule is NCCNN=CS(=O)O. The van der Waals surface area contributed by atoms with Gasteiger partial charge in [-0.2, -0.15) is 5.10 Å². The lowest BCUT2D eigenvalue weighted by Gasteiger charge is -1.91. The Labute approximate surface area is 55.6 Å². The maximum Gasteiger partial charge on any atom is 0.199 e. The quantitative estimate of drug-likeness (QED) is 0.153. The van der Waals surface area contributed by atoms with Crippen LogP contribution in [0.2, 0.25) is 0 Å². The van der Waals surface area contributed by atoms with Crippen molar-refractivity contribution in [2.24, 2.45) is 10.8 Å². The Morgan fingerprint density at radius 1 is 1.89 bits per heavy atom. The normalized spacial score (nSPS) is 14.0. The van der Waals surface area contributed by atoms with Crippen molar-refractivity contribution in [2.75, 3.05) is 13.1 Å². The van der Waals surface area contributed by atoms with Gasteiger partial charge in [0.2, 0.25) is 0 Å². The van der Waals surface area contributed by atoms with E-state index in [9.17, 15) is 4.21 Å². The minimum absolute atomic E-state index is 0.454. The Hall–Kier alpha value is -0.460. The molecular weight excluding hydrogens is 142 g/mol. The van der Waals surface area contributed by atoms with Gasteiger partial charge in [0, 0.05) is 13.1 Å². The van der Waals surface area contributed by atoms with Gasteiger partial charge in [-0.15, -0.1) is 0 Å². The van der Waals surface area contributed by atoms with Gasteiger partial charge in [-0.3, -0.25) is 0 Å². The van der Waals surface area contributed by atoms with Crippen LogP contribution in [0, 0.1) is 0 Å². The number of hydrogen-bond donors (Lipinski definition) is 3. The molecule has 6 heteroatoms. The molecule has 1 atom stereocenters. The Morgan fingerprint density at radius 2 is 2.56 bits per heavy atom. The molecule has 0 aliphatic rings. The van der Waals surface area contributed by atoms with Crippen LogP contribution >= 0.6 is 0 Å². The first-order valence-electron chi connectivity index (χ1n) is 2.33. The first-order valence-corrected chi connectivity index (χ1v) is 3.50. The molecule has 0 spiro atoms. The molecule has 9 heavy (non-hydrogen) atoms. The van der Waals surface area contributed by atoms with Crippen LogP contribution < -0.4 is 11.2 Å². The minimum Gasteiger partial charge on any atom is -0.329 e. The van der Waals surface area contributed by atoms with Crippen molar-refractivity contribution < 1.29 is 8.76 Å². The summed E-state index contributed by atoms with van der Waals surface area (Å²) in [6, 6.07) is 0. The third-order valence-electron chi connectivity index (χ3n) is 0.490. The van der Waals surface area contributed by atoms with E-state index in [1.54, 1.807) is 0 Å². The van der Waals surface area contributed by atoms with Gasteiger partial charge in [-0.25, -0.2) is 4.21 Å². The molecule has 4 N–H and O–H groups in total. The van der Waals surface area contributed by atoms with Crippen molar-refractivity contribution in [2.45, 2.75) is 0 Å². The first-order chi connectivity index (χ1) is 4.27. The van der Waals surface area contributed by atoms with Gasteiger partial charge in [0.25, 0.3) is 0 Å². The van der Waals surface area contributed by atoms with E-state index in [2.05, 4.69) is 10.5 Å². The summed E-state index contributed by atoms with van der Waals surface area (Å²) in [6.45, 7) is 0.961. The van der Waals surface area contributed by atoms with Crippen molar-refractivity contribution in [1.82, 2.24) is 5.43 Å². The van der Waals surface area contributed by atoms with E-state index in [0.717, 1.165) is 5.55 Å². The molecule has 54 valence electrons. The molecule has 0 aliphatic heterocycles. The van der Waals surface area contributed by atoms with Crippen LogP contribution in [0.3, 0.4) is 0 Å². The smallest absolute Gasteiger partial charge is 0.199 e. The van der Waals surface area contributed by atoms with E-state index >= 15 is 0 Å². The molecule has 0 saturated heterocycles. The molecule has 0 aromatic rings. The fraction of sp³-hybridized carbons (Fsp3) is 0.667. The number of nitrogens with one attached hydrogen (secondary N) is 1. The Bertz CT molecular complexity index is 116. The van der Waals surface area contributed by atoms with E-state index < -0.39 is 11.1 Å². The monoisotopic (exact) mass is 151 g/mol.